The molecule has 0 aliphatic carbocycles. The van der Waals surface area contributed by atoms with Gasteiger partial charge in [0.15, 0.2) is 0 Å². The van der Waals surface area contributed by atoms with E-state index in [4.69, 9.17) is 0 Å². The molecule has 2 heterocycles. The molecule has 5 nitrogen and oxygen atoms in total. The summed E-state index contributed by atoms with van der Waals surface area (Å²) in [6, 6.07) is 9.58. The number of rotatable bonds is 3. The molecule has 3 aromatic rings. The van der Waals surface area contributed by atoms with E-state index in [1.807, 2.05) is 55.7 Å². The fourth-order valence-corrected chi connectivity index (χ4v) is 2.35. The Morgan fingerprint density at radius 1 is 1.14 bits per heavy atom. The molecule has 2 aromatic heterocycles. The van der Waals surface area contributed by atoms with Crippen molar-refractivity contribution >= 4 is 11.6 Å². The lowest BCUT2D eigenvalue weighted by Gasteiger charge is -2.08. The molecule has 112 valence electrons. The Kier molecular flexibility index (Phi) is 3.55. The third-order valence-electron chi connectivity index (χ3n) is 3.84. The SMILES string of the molecule is Cc1cc[nH]c1C(=O)Nc1ccc(-n2cnc(C)c2C)cc1. The molecular formula is C17H18N4O. The van der Waals surface area contributed by atoms with E-state index in [9.17, 15) is 4.79 Å². The van der Waals surface area contributed by atoms with Crippen LogP contribution < -0.4 is 5.32 Å². The second kappa shape index (κ2) is 5.52. The van der Waals surface area contributed by atoms with Crippen LogP contribution in [0.2, 0.25) is 0 Å². The highest BCUT2D eigenvalue weighted by molar-refractivity contribution is 6.03. The van der Waals surface area contributed by atoms with Crippen LogP contribution in [0.1, 0.15) is 27.4 Å². The van der Waals surface area contributed by atoms with Crippen LogP contribution in [0.15, 0.2) is 42.9 Å². The summed E-state index contributed by atoms with van der Waals surface area (Å²) in [5.41, 5.74) is 5.42. The number of H-pyrrole nitrogens is 1. The predicted octanol–water partition coefficient (Wildman–Crippen LogP) is 3.38. The molecule has 0 bridgehead atoms. The fraction of sp³-hybridized carbons (Fsp3) is 0.176. The predicted molar refractivity (Wildman–Crippen MR) is 86.5 cm³/mol. The molecule has 0 unspecified atom stereocenters. The molecule has 0 saturated heterocycles. The number of nitrogens with zero attached hydrogens (tertiary/aromatic N) is 2. The topological polar surface area (TPSA) is 62.7 Å². The Morgan fingerprint density at radius 2 is 1.86 bits per heavy atom. The highest BCUT2D eigenvalue weighted by atomic mass is 16.1. The second-order valence-electron chi connectivity index (χ2n) is 5.32. The summed E-state index contributed by atoms with van der Waals surface area (Å²) in [7, 11) is 0. The summed E-state index contributed by atoms with van der Waals surface area (Å²) in [6.45, 7) is 5.92. The number of aromatic nitrogens is 3. The van der Waals surface area contributed by atoms with Crippen molar-refractivity contribution in [2.45, 2.75) is 20.8 Å². The number of aromatic amines is 1. The van der Waals surface area contributed by atoms with Crippen molar-refractivity contribution in [3.05, 3.63) is 65.5 Å². The first-order chi connectivity index (χ1) is 10.6. The van der Waals surface area contributed by atoms with Crippen molar-refractivity contribution in [2.24, 2.45) is 0 Å². The van der Waals surface area contributed by atoms with Crippen LogP contribution in [0, 0.1) is 20.8 Å². The van der Waals surface area contributed by atoms with Crippen molar-refractivity contribution < 1.29 is 4.79 Å². The number of carbonyl (C=O) groups excluding carboxylic acids is 1. The largest absolute Gasteiger partial charge is 0.357 e. The average molecular weight is 294 g/mol. The summed E-state index contributed by atoms with van der Waals surface area (Å²) < 4.78 is 2.02. The molecule has 0 atom stereocenters. The van der Waals surface area contributed by atoms with Crippen LogP contribution in [-0.4, -0.2) is 20.4 Å². The zero-order valence-corrected chi connectivity index (χ0v) is 12.8. The van der Waals surface area contributed by atoms with Crippen molar-refractivity contribution in [3.8, 4) is 5.69 Å². The number of aryl methyl sites for hydroxylation is 2. The Labute approximate surface area is 129 Å². The maximum Gasteiger partial charge on any atom is 0.272 e. The van der Waals surface area contributed by atoms with Gasteiger partial charge in [0.1, 0.15) is 5.69 Å². The first kappa shape index (κ1) is 14.1. The number of carbonyl (C=O) groups is 1. The standard InChI is InChI=1S/C17H18N4O/c1-11-8-9-18-16(11)17(22)20-14-4-6-15(7-5-14)21-10-19-12(2)13(21)3/h4-10,18H,1-3H3,(H,20,22). The van der Waals surface area contributed by atoms with Gasteiger partial charge in [-0.15, -0.1) is 0 Å². The highest BCUT2D eigenvalue weighted by Gasteiger charge is 2.10. The van der Waals surface area contributed by atoms with Crippen LogP contribution in [0.25, 0.3) is 5.69 Å². The highest BCUT2D eigenvalue weighted by Crippen LogP contribution is 2.17. The number of anilines is 1. The normalized spacial score (nSPS) is 10.7. The lowest BCUT2D eigenvalue weighted by Crippen LogP contribution is -2.13. The molecule has 22 heavy (non-hydrogen) atoms. The van der Waals surface area contributed by atoms with Crippen molar-refractivity contribution in [3.63, 3.8) is 0 Å². The van der Waals surface area contributed by atoms with E-state index in [0.29, 0.717) is 5.69 Å². The third kappa shape index (κ3) is 2.53. The van der Waals surface area contributed by atoms with Gasteiger partial charge < -0.3 is 14.9 Å². The first-order valence-corrected chi connectivity index (χ1v) is 7.12. The van der Waals surface area contributed by atoms with Crippen LogP contribution in [0.3, 0.4) is 0 Å². The minimum absolute atomic E-state index is 0.134. The van der Waals surface area contributed by atoms with E-state index >= 15 is 0 Å². The molecule has 0 spiro atoms. The number of hydrogen-bond donors (Lipinski definition) is 2. The van der Waals surface area contributed by atoms with E-state index in [1.54, 1.807) is 12.5 Å². The van der Waals surface area contributed by atoms with Gasteiger partial charge in [0, 0.05) is 23.3 Å². The van der Waals surface area contributed by atoms with E-state index in [-0.39, 0.29) is 5.91 Å². The van der Waals surface area contributed by atoms with Gasteiger partial charge in [0.25, 0.3) is 5.91 Å². The first-order valence-electron chi connectivity index (χ1n) is 7.12. The molecule has 1 aromatic carbocycles. The molecule has 2 N–H and O–H groups in total. The molecule has 0 radical (unpaired) electrons. The maximum atomic E-state index is 12.2. The minimum Gasteiger partial charge on any atom is -0.357 e. The Bertz CT molecular complexity index is 812. The Hall–Kier alpha value is -2.82. The minimum atomic E-state index is -0.134. The number of benzene rings is 1. The van der Waals surface area contributed by atoms with E-state index in [0.717, 1.165) is 28.3 Å². The van der Waals surface area contributed by atoms with Gasteiger partial charge >= 0.3 is 0 Å². The number of nitrogens with one attached hydrogen (secondary N) is 2. The summed E-state index contributed by atoms with van der Waals surface area (Å²) >= 11 is 0. The molecule has 0 aliphatic heterocycles. The van der Waals surface area contributed by atoms with Gasteiger partial charge in [-0.1, -0.05) is 0 Å². The fourth-order valence-electron chi connectivity index (χ4n) is 2.35. The number of imidazole rings is 1. The van der Waals surface area contributed by atoms with Crippen molar-refractivity contribution in [2.75, 3.05) is 5.32 Å². The zero-order chi connectivity index (χ0) is 15.7. The van der Waals surface area contributed by atoms with Crippen LogP contribution >= 0.6 is 0 Å². The summed E-state index contributed by atoms with van der Waals surface area (Å²) in [5, 5.41) is 2.89. The molecule has 0 aliphatic rings. The summed E-state index contributed by atoms with van der Waals surface area (Å²) in [5.74, 6) is -0.134. The zero-order valence-electron chi connectivity index (χ0n) is 12.8. The summed E-state index contributed by atoms with van der Waals surface area (Å²) in [6.07, 6.45) is 3.57. The molecular weight excluding hydrogens is 276 g/mol. The van der Waals surface area contributed by atoms with Gasteiger partial charge in [-0.25, -0.2) is 4.98 Å². The van der Waals surface area contributed by atoms with E-state index in [2.05, 4.69) is 15.3 Å². The monoisotopic (exact) mass is 294 g/mol. The van der Waals surface area contributed by atoms with Crippen LogP contribution in [0.5, 0.6) is 0 Å². The smallest absolute Gasteiger partial charge is 0.272 e. The van der Waals surface area contributed by atoms with Gasteiger partial charge in [-0.2, -0.15) is 0 Å². The number of hydrogen-bond acceptors (Lipinski definition) is 2. The molecule has 3 rings (SSSR count). The molecule has 5 heteroatoms. The van der Waals surface area contributed by atoms with E-state index in [1.165, 1.54) is 0 Å². The average Bonchev–Trinajstić information content (AvgIpc) is 3.07. The molecule has 1 amide bonds. The van der Waals surface area contributed by atoms with Gasteiger partial charge in [-0.3, -0.25) is 4.79 Å². The second-order valence-corrected chi connectivity index (χ2v) is 5.32. The lowest BCUT2D eigenvalue weighted by atomic mass is 10.2. The summed E-state index contributed by atoms with van der Waals surface area (Å²) in [4.78, 5) is 19.4. The maximum absolute atomic E-state index is 12.2. The lowest BCUT2D eigenvalue weighted by molar-refractivity contribution is 0.102. The van der Waals surface area contributed by atoms with Crippen LogP contribution in [0.4, 0.5) is 5.69 Å². The molecule has 0 fully saturated rings. The van der Waals surface area contributed by atoms with Gasteiger partial charge in [0.05, 0.1) is 12.0 Å². The van der Waals surface area contributed by atoms with E-state index < -0.39 is 0 Å². The van der Waals surface area contributed by atoms with Gasteiger partial charge in [0.2, 0.25) is 0 Å². The Morgan fingerprint density at radius 3 is 2.41 bits per heavy atom. The van der Waals surface area contributed by atoms with Gasteiger partial charge in [-0.05, 0) is 56.7 Å². The number of amides is 1. The molecule has 0 saturated carbocycles. The van der Waals surface area contributed by atoms with Crippen molar-refractivity contribution in [1.82, 2.24) is 14.5 Å². The van der Waals surface area contributed by atoms with Crippen LogP contribution in [-0.2, 0) is 0 Å². The van der Waals surface area contributed by atoms with Crippen molar-refractivity contribution in [1.29, 1.82) is 0 Å². The Balaban J connectivity index is 1.79. The quantitative estimate of drug-likeness (QED) is 0.778. The third-order valence-corrected chi connectivity index (χ3v) is 3.84.